The molecular formula is C17H16N4O6S2. The Labute approximate surface area is 169 Å². The Kier molecular flexibility index (Phi) is 5.77. The van der Waals surface area contributed by atoms with Crippen molar-refractivity contribution >= 4 is 48.3 Å². The highest BCUT2D eigenvalue weighted by atomic mass is 32.2. The number of non-ortho nitro benzene ring substituents is 1. The van der Waals surface area contributed by atoms with Crippen LogP contribution in [-0.4, -0.2) is 49.2 Å². The number of nitro benzene ring substituents is 1. The van der Waals surface area contributed by atoms with Crippen molar-refractivity contribution in [1.82, 2.24) is 9.29 Å². The van der Waals surface area contributed by atoms with Gasteiger partial charge >= 0.3 is 0 Å². The molecule has 3 aromatic rings. The topological polar surface area (TPSA) is 132 Å². The zero-order valence-electron chi connectivity index (χ0n) is 15.4. The zero-order valence-corrected chi connectivity index (χ0v) is 17.0. The normalized spacial score (nSPS) is 11.6. The van der Waals surface area contributed by atoms with Gasteiger partial charge in [-0.3, -0.25) is 20.2 Å². The highest BCUT2D eigenvalue weighted by Crippen LogP contribution is 2.29. The molecule has 152 valence electrons. The van der Waals surface area contributed by atoms with E-state index in [0.717, 1.165) is 15.6 Å². The van der Waals surface area contributed by atoms with Gasteiger partial charge in [-0.1, -0.05) is 11.3 Å². The van der Waals surface area contributed by atoms with E-state index in [-0.39, 0.29) is 17.2 Å². The van der Waals surface area contributed by atoms with Crippen molar-refractivity contribution in [3.05, 3.63) is 52.6 Å². The van der Waals surface area contributed by atoms with Crippen molar-refractivity contribution in [1.29, 1.82) is 0 Å². The van der Waals surface area contributed by atoms with E-state index in [1.807, 2.05) is 0 Å². The maximum absolute atomic E-state index is 12.2. The van der Waals surface area contributed by atoms with Crippen LogP contribution in [0.2, 0.25) is 0 Å². The minimum atomic E-state index is -3.57. The summed E-state index contributed by atoms with van der Waals surface area (Å²) < 4.78 is 31.5. The third kappa shape index (κ3) is 4.67. The van der Waals surface area contributed by atoms with Crippen LogP contribution in [0.5, 0.6) is 5.75 Å². The first-order valence-corrected chi connectivity index (χ1v) is 10.4. The first-order chi connectivity index (χ1) is 13.7. The molecule has 0 radical (unpaired) electrons. The summed E-state index contributed by atoms with van der Waals surface area (Å²) in [7, 11) is -0.673. The summed E-state index contributed by atoms with van der Waals surface area (Å²) in [5, 5.41) is 13.5. The fourth-order valence-corrected chi connectivity index (χ4v) is 4.22. The number of anilines is 1. The Balaban J connectivity index is 1.66. The Hall–Kier alpha value is -3.09. The van der Waals surface area contributed by atoms with Crippen molar-refractivity contribution in [2.24, 2.45) is 0 Å². The Morgan fingerprint density at radius 2 is 1.93 bits per heavy atom. The Morgan fingerprint density at radius 1 is 1.24 bits per heavy atom. The third-order valence-corrected chi connectivity index (χ3v) is 6.55. The summed E-state index contributed by atoms with van der Waals surface area (Å²) in [6.07, 6.45) is 0. The van der Waals surface area contributed by atoms with Gasteiger partial charge in [-0.05, 0) is 30.3 Å². The second kappa shape index (κ2) is 8.11. The number of aromatic nitrogens is 1. The van der Waals surface area contributed by atoms with Crippen LogP contribution >= 0.6 is 11.3 Å². The molecule has 1 N–H and O–H groups in total. The highest BCUT2D eigenvalue weighted by molar-refractivity contribution is 7.89. The van der Waals surface area contributed by atoms with Crippen LogP contribution in [-0.2, 0) is 14.8 Å². The van der Waals surface area contributed by atoms with Crippen LogP contribution < -0.4 is 10.1 Å². The summed E-state index contributed by atoms with van der Waals surface area (Å²) in [5.74, 6) is -0.155. The number of carbonyl (C=O) groups is 1. The fourth-order valence-electron chi connectivity index (χ4n) is 2.30. The molecule has 1 amide bonds. The van der Waals surface area contributed by atoms with Gasteiger partial charge in [-0.15, -0.1) is 0 Å². The molecule has 12 heteroatoms. The summed E-state index contributed by atoms with van der Waals surface area (Å²) in [5.41, 5.74) is 0.478. The number of thiazole rings is 1. The Morgan fingerprint density at radius 3 is 2.55 bits per heavy atom. The second-order valence-corrected chi connectivity index (χ2v) is 9.21. The van der Waals surface area contributed by atoms with E-state index < -0.39 is 20.9 Å². The maximum atomic E-state index is 12.2. The van der Waals surface area contributed by atoms with Crippen LogP contribution in [0.1, 0.15) is 0 Å². The maximum Gasteiger partial charge on any atom is 0.269 e. The molecule has 2 aromatic carbocycles. The number of rotatable bonds is 7. The van der Waals surface area contributed by atoms with E-state index in [0.29, 0.717) is 21.1 Å². The summed E-state index contributed by atoms with van der Waals surface area (Å²) in [6.45, 7) is -0.312. The van der Waals surface area contributed by atoms with E-state index in [4.69, 9.17) is 4.74 Å². The van der Waals surface area contributed by atoms with Gasteiger partial charge in [0.25, 0.3) is 11.6 Å². The molecule has 0 saturated heterocycles. The SMILES string of the molecule is CN(C)S(=O)(=O)c1ccc2nc(NC(=O)COc3ccc([N+](=O)[O-])cc3)sc2c1. The monoisotopic (exact) mass is 436 g/mol. The van der Waals surface area contributed by atoms with Crippen LogP contribution in [0, 0.1) is 10.1 Å². The number of carbonyl (C=O) groups excluding carboxylic acids is 1. The molecule has 0 atom stereocenters. The molecule has 29 heavy (non-hydrogen) atoms. The van der Waals surface area contributed by atoms with Gasteiger partial charge in [-0.2, -0.15) is 0 Å². The Bertz CT molecular complexity index is 1170. The average molecular weight is 436 g/mol. The first-order valence-electron chi connectivity index (χ1n) is 8.17. The number of sulfonamides is 1. The van der Waals surface area contributed by atoms with Gasteiger partial charge in [0.1, 0.15) is 5.75 Å². The largest absolute Gasteiger partial charge is 0.484 e. The number of nitrogens with zero attached hydrogens (tertiary/aromatic N) is 3. The minimum absolute atomic E-state index is 0.0769. The highest BCUT2D eigenvalue weighted by Gasteiger charge is 2.18. The van der Waals surface area contributed by atoms with Crippen molar-refractivity contribution in [3.8, 4) is 5.75 Å². The molecule has 1 aromatic heterocycles. The van der Waals surface area contributed by atoms with Crippen LogP contribution in [0.25, 0.3) is 10.2 Å². The molecule has 1 heterocycles. The second-order valence-electron chi connectivity index (χ2n) is 6.02. The number of nitro groups is 1. The molecule has 10 nitrogen and oxygen atoms in total. The lowest BCUT2D eigenvalue weighted by molar-refractivity contribution is -0.384. The van der Waals surface area contributed by atoms with Gasteiger partial charge < -0.3 is 4.74 Å². The summed E-state index contributed by atoms with van der Waals surface area (Å²) in [6, 6.07) is 9.89. The number of nitrogens with one attached hydrogen (secondary N) is 1. The van der Waals surface area contributed by atoms with E-state index in [9.17, 15) is 23.3 Å². The fraction of sp³-hybridized carbons (Fsp3) is 0.176. The standard InChI is InChI=1S/C17H16N4O6S2/c1-20(2)29(25,26)13-7-8-14-15(9-13)28-17(18-14)19-16(22)10-27-12-5-3-11(4-6-12)21(23)24/h3-9H,10H2,1-2H3,(H,18,19,22). The number of hydrogen-bond acceptors (Lipinski definition) is 8. The molecule has 0 aliphatic heterocycles. The van der Waals surface area contributed by atoms with E-state index in [2.05, 4.69) is 10.3 Å². The summed E-state index contributed by atoms with van der Waals surface area (Å²) in [4.78, 5) is 26.6. The number of ether oxygens (including phenoxy) is 1. The molecule has 3 rings (SSSR count). The molecule has 0 saturated carbocycles. The molecule has 0 fully saturated rings. The molecule has 0 spiro atoms. The van der Waals surface area contributed by atoms with Crippen molar-refractivity contribution < 1.29 is 22.9 Å². The van der Waals surface area contributed by atoms with Crippen LogP contribution in [0.3, 0.4) is 0 Å². The molecule has 0 unspecified atom stereocenters. The zero-order chi connectivity index (χ0) is 21.2. The van der Waals surface area contributed by atoms with Crippen molar-refractivity contribution in [2.45, 2.75) is 4.90 Å². The van der Waals surface area contributed by atoms with Gasteiger partial charge in [0, 0.05) is 26.2 Å². The van der Waals surface area contributed by atoms with Crippen molar-refractivity contribution in [3.63, 3.8) is 0 Å². The van der Waals surface area contributed by atoms with Gasteiger partial charge in [-0.25, -0.2) is 17.7 Å². The molecule has 0 bridgehead atoms. The molecular weight excluding hydrogens is 420 g/mol. The summed E-state index contributed by atoms with van der Waals surface area (Å²) >= 11 is 1.14. The number of amides is 1. The van der Waals surface area contributed by atoms with Gasteiger partial charge in [0.05, 0.1) is 20.0 Å². The predicted molar refractivity (Wildman–Crippen MR) is 108 cm³/mol. The van der Waals surface area contributed by atoms with E-state index >= 15 is 0 Å². The molecule has 0 aliphatic rings. The lowest BCUT2D eigenvalue weighted by Crippen LogP contribution is -2.22. The van der Waals surface area contributed by atoms with E-state index in [1.54, 1.807) is 6.07 Å². The third-order valence-electron chi connectivity index (χ3n) is 3.80. The van der Waals surface area contributed by atoms with Crippen LogP contribution in [0.4, 0.5) is 10.8 Å². The number of benzene rings is 2. The van der Waals surface area contributed by atoms with Crippen molar-refractivity contribution in [2.75, 3.05) is 26.0 Å². The average Bonchev–Trinajstić information content (AvgIpc) is 3.07. The lowest BCUT2D eigenvalue weighted by Gasteiger charge is -2.10. The first kappa shape index (κ1) is 20.6. The smallest absolute Gasteiger partial charge is 0.269 e. The van der Waals surface area contributed by atoms with Gasteiger partial charge in [0.2, 0.25) is 10.0 Å². The minimum Gasteiger partial charge on any atom is -0.484 e. The number of fused-ring (bicyclic) bond motifs is 1. The molecule has 0 aliphatic carbocycles. The van der Waals surface area contributed by atoms with Gasteiger partial charge in [0.15, 0.2) is 11.7 Å². The number of hydrogen-bond donors (Lipinski definition) is 1. The van der Waals surface area contributed by atoms with Crippen LogP contribution in [0.15, 0.2) is 47.4 Å². The quantitative estimate of drug-likeness (QED) is 0.444. The van der Waals surface area contributed by atoms with E-state index in [1.165, 1.54) is 50.5 Å². The predicted octanol–water partition coefficient (Wildman–Crippen LogP) is 2.47. The lowest BCUT2D eigenvalue weighted by atomic mass is 10.3.